The Hall–Kier alpha value is -4.72. The summed E-state index contributed by atoms with van der Waals surface area (Å²) in [4.78, 5) is 25.0. The molecule has 0 saturated heterocycles. The maximum atomic E-state index is 14.1. The Balaban J connectivity index is 1.41. The van der Waals surface area contributed by atoms with Gasteiger partial charge in [-0.3, -0.25) is 0 Å². The van der Waals surface area contributed by atoms with Crippen molar-refractivity contribution in [3.63, 3.8) is 0 Å². The lowest BCUT2D eigenvalue weighted by Crippen LogP contribution is -2.16. The first kappa shape index (κ1) is 24.0. The quantitative estimate of drug-likeness (QED) is 0.258. The third-order valence-electron chi connectivity index (χ3n) is 6.39. The van der Waals surface area contributed by atoms with E-state index in [4.69, 9.17) is 9.47 Å². The van der Waals surface area contributed by atoms with Gasteiger partial charge in [0.15, 0.2) is 0 Å². The van der Waals surface area contributed by atoms with Gasteiger partial charge in [0.25, 0.3) is 0 Å². The van der Waals surface area contributed by atoms with Gasteiger partial charge in [0.2, 0.25) is 0 Å². The summed E-state index contributed by atoms with van der Waals surface area (Å²) in [5.41, 5.74) is 2.26. The average Bonchev–Trinajstić information content (AvgIpc) is 3.05. The standard InChI is InChI=1S/C29H20F2O6/c1-29(2)23-13-17(36-27(34)21-7-3-15(32)11-25(21)30)5-9-19(23)20-10-6-18(14-24(20)29)37-28(35)22-8-4-16(33)12-26(22)31/h3-14,32-33H,1-2H3. The fourth-order valence-corrected chi connectivity index (χ4v) is 4.49. The van der Waals surface area contributed by atoms with Gasteiger partial charge in [-0.15, -0.1) is 0 Å². The second-order valence-electron chi connectivity index (χ2n) is 9.15. The Bertz CT molecular complexity index is 1470. The van der Waals surface area contributed by atoms with E-state index >= 15 is 0 Å². The van der Waals surface area contributed by atoms with E-state index in [1.807, 2.05) is 13.8 Å². The lowest BCUT2D eigenvalue weighted by atomic mass is 9.82. The zero-order valence-corrected chi connectivity index (χ0v) is 19.7. The van der Waals surface area contributed by atoms with Gasteiger partial charge in [-0.2, -0.15) is 0 Å². The van der Waals surface area contributed by atoms with Gasteiger partial charge in [0.1, 0.15) is 34.6 Å². The van der Waals surface area contributed by atoms with Crippen LogP contribution in [0.25, 0.3) is 11.1 Å². The molecule has 186 valence electrons. The van der Waals surface area contributed by atoms with Crippen LogP contribution in [0, 0.1) is 11.6 Å². The highest BCUT2D eigenvalue weighted by Gasteiger charge is 2.36. The van der Waals surface area contributed by atoms with Crippen molar-refractivity contribution in [2.24, 2.45) is 0 Å². The summed E-state index contributed by atoms with van der Waals surface area (Å²) in [5.74, 6) is -3.77. The Labute approximate surface area is 210 Å². The molecule has 4 aromatic carbocycles. The highest BCUT2D eigenvalue weighted by atomic mass is 19.1. The zero-order valence-electron chi connectivity index (χ0n) is 19.7. The molecule has 0 amide bonds. The lowest BCUT2D eigenvalue weighted by Gasteiger charge is -2.22. The molecular formula is C29H20F2O6. The minimum atomic E-state index is -0.901. The molecule has 0 atom stereocenters. The smallest absolute Gasteiger partial charge is 0.346 e. The molecule has 0 fully saturated rings. The van der Waals surface area contributed by atoms with Gasteiger partial charge in [-0.25, -0.2) is 18.4 Å². The number of rotatable bonds is 4. The first-order valence-electron chi connectivity index (χ1n) is 11.3. The SMILES string of the molecule is CC1(C)c2cc(OC(=O)c3ccc(O)cc3F)ccc2-c2ccc(OC(=O)c3ccc(O)cc3F)cc21. The molecule has 6 nitrogen and oxygen atoms in total. The largest absolute Gasteiger partial charge is 0.508 e. The van der Waals surface area contributed by atoms with Crippen LogP contribution in [0.5, 0.6) is 23.0 Å². The van der Waals surface area contributed by atoms with Gasteiger partial charge < -0.3 is 19.7 Å². The first-order valence-corrected chi connectivity index (χ1v) is 11.3. The number of phenols is 2. The van der Waals surface area contributed by atoms with E-state index in [0.717, 1.165) is 46.5 Å². The maximum absolute atomic E-state index is 14.1. The number of esters is 2. The van der Waals surface area contributed by atoms with Crippen molar-refractivity contribution in [2.75, 3.05) is 0 Å². The van der Waals surface area contributed by atoms with Crippen molar-refractivity contribution in [3.8, 4) is 34.1 Å². The van der Waals surface area contributed by atoms with Crippen molar-refractivity contribution >= 4 is 11.9 Å². The Morgan fingerprint density at radius 2 is 1.05 bits per heavy atom. The monoisotopic (exact) mass is 502 g/mol. The van der Waals surface area contributed by atoms with Crippen molar-refractivity contribution in [1.82, 2.24) is 0 Å². The van der Waals surface area contributed by atoms with Crippen LogP contribution in [-0.4, -0.2) is 22.2 Å². The molecule has 4 aromatic rings. The third-order valence-corrected chi connectivity index (χ3v) is 6.39. The highest BCUT2D eigenvalue weighted by molar-refractivity contribution is 5.93. The summed E-state index contributed by atoms with van der Waals surface area (Å²) in [7, 11) is 0. The number of aromatic hydroxyl groups is 2. The maximum Gasteiger partial charge on any atom is 0.346 e. The molecule has 0 aromatic heterocycles. The minimum absolute atomic E-state index is 0.214. The first-order chi connectivity index (χ1) is 17.5. The fraction of sp³-hybridized carbons (Fsp3) is 0.103. The number of hydrogen-bond donors (Lipinski definition) is 2. The number of carbonyl (C=O) groups is 2. The van der Waals surface area contributed by atoms with E-state index in [9.17, 15) is 28.6 Å². The summed E-state index contributed by atoms with van der Waals surface area (Å²) in [5, 5.41) is 18.7. The number of benzene rings is 4. The summed E-state index contributed by atoms with van der Waals surface area (Å²) in [6, 6.07) is 16.5. The van der Waals surface area contributed by atoms with E-state index < -0.39 is 29.0 Å². The predicted octanol–water partition coefficient (Wildman–Crippen LogP) is 6.12. The topological polar surface area (TPSA) is 93.1 Å². The normalized spacial score (nSPS) is 13.0. The van der Waals surface area contributed by atoms with Crippen LogP contribution in [0.4, 0.5) is 8.78 Å². The molecule has 1 aliphatic rings. The van der Waals surface area contributed by atoms with Crippen LogP contribution < -0.4 is 9.47 Å². The van der Waals surface area contributed by atoms with Crippen LogP contribution in [0.2, 0.25) is 0 Å². The van der Waals surface area contributed by atoms with Gasteiger partial charge in [-0.05, 0) is 70.8 Å². The van der Waals surface area contributed by atoms with Crippen molar-refractivity contribution < 1.29 is 38.1 Å². The zero-order chi connectivity index (χ0) is 26.5. The summed E-state index contributed by atoms with van der Waals surface area (Å²) in [6.07, 6.45) is 0. The van der Waals surface area contributed by atoms with E-state index in [-0.39, 0.29) is 34.1 Å². The van der Waals surface area contributed by atoms with Crippen LogP contribution in [0.3, 0.4) is 0 Å². The summed E-state index contributed by atoms with van der Waals surface area (Å²) >= 11 is 0. The number of carbonyl (C=O) groups excluding carboxylic acids is 2. The molecule has 0 heterocycles. The second-order valence-corrected chi connectivity index (χ2v) is 9.15. The number of ether oxygens (including phenoxy) is 2. The van der Waals surface area contributed by atoms with Crippen LogP contribution in [0.15, 0.2) is 72.8 Å². The number of phenolic OH excluding ortho intramolecular Hbond substituents is 2. The van der Waals surface area contributed by atoms with Gasteiger partial charge in [-0.1, -0.05) is 26.0 Å². The molecule has 0 radical (unpaired) electrons. The minimum Gasteiger partial charge on any atom is -0.508 e. The van der Waals surface area contributed by atoms with Crippen LogP contribution in [0.1, 0.15) is 45.7 Å². The number of halogens is 2. The molecule has 1 aliphatic carbocycles. The second kappa shape index (κ2) is 8.74. The molecular weight excluding hydrogens is 482 g/mol. The summed E-state index contributed by atoms with van der Waals surface area (Å²) in [6.45, 7) is 3.91. The molecule has 0 saturated carbocycles. The Kier molecular flexibility index (Phi) is 5.67. The van der Waals surface area contributed by atoms with Gasteiger partial charge >= 0.3 is 11.9 Å². The molecule has 5 rings (SSSR count). The molecule has 37 heavy (non-hydrogen) atoms. The van der Waals surface area contributed by atoms with Crippen molar-refractivity contribution in [1.29, 1.82) is 0 Å². The number of fused-ring (bicyclic) bond motifs is 3. The van der Waals surface area contributed by atoms with E-state index in [2.05, 4.69) is 0 Å². The Morgan fingerprint density at radius 1 is 0.649 bits per heavy atom. The molecule has 0 unspecified atom stereocenters. The molecule has 2 N–H and O–H groups in total. The predicted molar refractivity (Wildman–Crippen MR) is 130 cm³/mol. The van der Waals surface area contributed by atoms with Crippen LogP contribution in [-0.2, 0) is 5.41 Å². The molecule has 8 heteroatoms. The molecule has 0 aliphatic heterocycles. The third kappa shape index (κ3) is 4.27. The Morgan fingerprint density at radius 3 is 1.43 bits per heavy atom. The lowest BCUT2D eigenvalue weighted by molar-refractivity contribution is 0.0720. The molecule has 0 bridgehead atoms. The highest BCUT2D eigenvalue weighted by Crippen LogP contribution is 2.50. The fourth-order valence-electron chi connectivity index (χ4n) is 4.49. The van der Waals surface area contributed by atoms with Gasteiger partial charge in [0.05, 0.1) is 11.1 Å². The van der Waals surface area contributed by atoms with Gasteiger partial charge in [0, 0.05) is 17.5 Å². The van der Waals surface area contributed by atoms with E-state index in [1.165, 1.54) is 12.1 Å². The number of hydrogen-bond acceptors (Lipinski definition) is 6. The van der Waals surface area contributed by atoms with E-state index in [1.54, 1.807) is 36.4 Å². The van der Waals surface area contributed by atoms with Crippen molar-refractivity contribution in [2.45, 2.75) is 19.3 Å². The molecule has 0 spiro atoms. The van der Waals surface area contributed by atoms with Crippen LogP contribution >= 0.6 is 0 Å². The van der Waals surface area contributed by atoms with Crippen molar-refractivity contribution in [3.05, 3.63) is 107 Å². The van der Waals surface area contributed by atoms with E-state index in [0.29, 0.717) is 0 Å². The summed E-state index contributed by atoms with van der Waals surface area (Å²) < 4.78 is 38.9. The average molecular weight is 502 g/mol.